The predicted molar refractivity (Wildman–Crippen MR) is 83.0 cm³/mol. The standard InChI is InChI=1S/C15H15ClN2O4/c1-3-22-9(2)14-11(8-13(19)20)17-18(15(14)21)12-7-5-4-6-10(12)16/h4-7H,3,8H2,1-2H3,(H,19,20). The van der Waals surface area contributed by atoms with E-state index in [9.17, 15) is 9.59 Å². The first kappa shape index (κ1) is 16.0. The number of halogens is 1. The molecule has 1 amide bonds. The van der Waals surface area contributed by atoms with Gasteiger partial charge in [-0.2, -0.15) is 10.1 Å². The van der Waals surface area contributed by atoms with E-state index >= 15 is 0 Å². The van der Waals surface area contributed by atoms with Gasteiger partial charge in [0, 0.05) is 0 Å². The summed E-state index contributed by atoms with van der Waals surface area (Å²) >= 11 is 6.08. The number of nitrogens with zero attached hydrogens (tertiary/aromatic N) is 2. The molecule has 0 spiro atoms. The molecule has 0 saturated heterocycles. The zero-order valence-electron chi connectivity index (χ0n) is 12.2. The van der Waals surface area contributed by atoms with Crippen molar-refractivity contribution in [3.05, 3.63) is 40.6 Å². The summed E-state index contributed by atoms with van der Waals surface area (Å²) < 4.78 is 5.35. The Morgan fingerprint density at radius 1 is 1.41 bits per heavy atom. The van der Waals surface area contributed by atoms with Crippen LogP contribution in [0.3, 0.4) is 0 Å². The van der Waals surface area contributed by atoms with E-state index in [2.05, 4.69) is 5.10 Å². The Morgan fingerprint density at radius 2 is 2.09 bits per heavy atom. The summed E-state index contributed by atoms with van der Waals surface area (Å²) in [5.74, 6) is -1.17. The molecule has 22 heavy (non-hydrogen) atoms. The number of para-hydroxylation sites is 1. The monoisotopic (exact) mass is 322 g/mol. The van der Waals surface area contributed by atoms with Gasteiger partial charge in [0.25, 0.3) is 5.91 Å². The molecule has 0 aliphatic carbocycles. The quantitative estimate of drug-likeness (QED) is 0.667. The van der Waals surface area contributed by atoms with Crippen LogP contribution in [0.5, 0.6) is 0 Å². The van der Waals surface area contributed by atoms with Crippen LogP contribution in [-0.4, -0.2) is 29.3 Å². The van der Waals surface area contributed by atoms with Gasteiger partial charge in [0.2, 0.25) is 0 Å². The minimum Gasteiger partial charge on any atom is -0.498 e. The fraction of sp³-hybridized carbons (Fsp3) is 0.267. The minimum atomic E-state index is -1.07. The lowest BCUT2D eigenvalue weighted by molar-refractivity contribution is -0.135. The third-order valence-electron chi connectivity index (χ3n) is 3.03. The van der Waals surface area contributed by atoms with Crippen molar-refractivity contribution in [2.45, 2.75) is 20.3 Å². The van der Waals surface area contributed by atoms with E-state index in [0.29, 0.717) is 23.1 Å². The molecule has 6 nitrogen and oxygen atoms in total. The predicted octanol–water partition coefficient (Wildman–Crippen LogP) is 2.83. The minimum absolute atomic E-state index is 0.156. The van der Waals surface area contributed by atoms with Gasteiger partial charge in [-0.25, -0.2) is 0 Å². The van der Waals surface area contributed by atoms with Crippen molar-refractivity contribution >= 4 is 34.9 Å². The Labute approximate surface area is 132 Å². The molecule has 1 N–H and O–H groups in total. The van der Waals surface area contributed by atoms with Gasteiger partial charge >= 0.3 is 5.97 Å². The van der Waals surface area contributed by atoms with Crippen LogP contribution in [0.15, 0.2) is 40.7 Å². The Kier molecular flexibility index (Phi) is 4.82. The van der Waals surface area contributed by atoms with Crippen LogP contribution in [0.4, 0.5) is 5.69 Å². The average molecular weight is 323 g/mol. The first-order chi connectivity index (χ1) is 10.5. The lowest BCUT2D eigenvalue weighted by Crippen LogP contribution is -2.23. The topological polar surface area (TPSA) is 79.2 Å². The maximum Gasteiger partial charge on any atom is 0.309 e. The number of benzene rings is 1. The highest BCUT2D eigenvalue weighted by atomic mass is 35.5. The summed E-state index contributed by atoms with van der Waals surface area (Å²) in [4.78, 5) is 23.6. The van der Waals surface area contributed by atoms with E-state index in [1.807, 2.05) is 0 Å². The third kappa shape index (κ3) is 3.12. The van der Waals surface area contributed by atoms with Crippen molar-refractivity contribution in [3.63, 3.8) is 0 Å². The van der Waals surface area contributed by atoms with E-state index in [-0.39, 0.29) is 17.7 Å². The van der Waals surface area contributed by atoms with Crippen LogP contribution in [-0.2, 0) is 14.3 Å². The highest BCUT2D eigenvalue weighted by Crippen LogP contribution is 2.31. The number of hydrazone groups is 1. The molecule has 0 fully saturated rings. The van der Waals surface area contributed by atoms with Gasteiger partial charge in [0.15, 0.2) is 0 Å². The smallest absolute Gasteiger partial charge is 0.309 e. The van der Waals surface area contributed by atoms with Crippen LogP contribution in [0.25, 0.3) is 0 Å². The molecule has 7 heteroatoms. The molecule has 1 aliphatic rings. The lowest BCUT2D eigenvalue weighted by atomic mass is 10.1. The molecule has 1 aliphatic heterocycles. The van der Waals surface area contributed by atoms with Crippen LogP contribution in [0.2, 0.25) is 5.02 Å². The maximum atomic E-state index is 12.6. The van der Waals surface area contributed by atoms with Crippen molar-refractivity contribution in [2.75, 3.05) is 11.6 Å². The zero-order valence-corrected chi connectivity index (χ0v) is 12.9. The number of amides is 1. The maximum absolute atomic E-state index is 12.6. The average Bonchev–Trinajstić information content (AvgIpc) is 2.75. The molecule has 0 atom stereocenters. The van der Waals surface area contributed by atoms with Crippen molar-refractivity contribution < 1.29 is 19.4 Å². The van der Waals surface area contributed by atoms with Gasteiger partial charge in [-0.05, 0) is 26.0 Å². The van der Waals surface area contributed by atoms with E-state index in [1.165, 1.54) is 0 Å². The number of hydrogen-bond donors (Lipinski definition) is 1. The fourth-order valence-electron chi connectivity index (χ4n) is 2.14. The molecule has 0 radical (unpaired) electrons. The van der Waals surface area contributed by atoms with Crippen molar-refractivity contribution in [1.82, 2.24) is 0 Å². The van der Waals surface area contributed by atoms with Crippen LogP contribution in [0.1, 0.15) is 20.3 Å². The molecule has 0 unspecified atom stereocenters. The van der Waals surface area contributed by atoms with Gasteiger partial charge in [-0.1, -0.05) is 23.7 Å². The van der Waals surface area contributed by atoms with Gasteiger partial charge < -0.3 is 9.84 Å². The van der Waals surface area contributed by atoms with Crippen LogP contribution >= 0.6 is 11.6 Å². The summed E-state index contributed by atoms with van der Waals surface area (Å²) in [5, 5.41) is 14.6. The third-order valence-corrected chi connectivity index (χ3v) is 3.35. The van der Waals surface area contributed by atoms with Crippen LogP contribution in [0, 0.1) is 0 Å². The number of aliphatic carboxylic acids is 1. The highest BCUT2D eigenvalue weighted by Gasteiger charge is 2.35. The number of carboxylic acid groups (broad SMARTS) is 1. The summed E-state index contributed by atoms with van der Waals surface area (Å²) in [6.45, 7) is 3.77. The van der Waals surface area contributed by atoms with Gasteiger partial charge in [0.05, 0.1) is 29.4 Å². The number of ether oxygens (including phenoxy) is 1. The number of allylic oxidation sites excluding steroid dienone is 1. The van der Waals surface area contributed by atoms with E-state index in [0.717, 1.165) is 5.01 Å². The fourth-order valence-corrected chi connectivity index (χ4v) is 2.36. The molecule has 1 aromatic carbocycles. The van der Waals surface area contributed by atoms with E-state index in [4.69, 9.17) is 21.4 Å². The van der Waals surface area contributed by atoms with Crippen molar-refractivity contribution in [1.29, 1.82) is 0 Å². The van der Waals surface area contributed by atoms with Gasteiger partial charge in [-0.15, -0.1) is 0 Å². The zero-order chi connectivity index (χ0) is 16.3. The first-order valence-electron chi connectivity index (χ1n) is 6.68. The Balaban J connectivity index is 2.49. The molecule has 2 rings (SSSR count). The van der Waals surface area contributed by atoms with Crippen molar-refractivity contribution in [2.24, 2.45) is 5.10 Å². The summed E-state index contributed by atoms with van der Waals surface area (Å²) in [6.07, 6.45) is -0.369. The number of carbonyl (C=O) groups is 2. The van der Waals surface area contributed by atoms with Gasteiger partial charge in [-0.3, -0.25) is 9.59 Å². The normalized spacial score (nSPS) is 16.6. The van der Waals surface area contributed by atoms with Crippen molar-refractivity contribution in [3.8, 4) is 0 Å². The summed E-state index contributed by atoms with van der Waals surface area (Å²) in [5.41, 5.74) is 0.726. The van der Waals surface area contributed by atoms with E-state index < -0.39 is 11.9 Å². The molecular formula is C15H15ClN2O4. The molecule has 0 saturated carbocycles. The second kappa shape index (κ2) is 6.62. The number of anilines is 1. The second-order valence-electron chi connectivity index (χ2n) is 4.55. The molecular weight excluding hydrogens is 308 g/mol. The number of hydrogen-bond acceptors (Lipinski definition) is 4. The number of rotatable bonds is 5. The second-order valence-corrected chi connectivity index (χ2v) is 4.96. The first-order valence-corrected chi connectivity index (χ1v) is 7.05. The largest absolute Gasteiger partial charge is 0.498 e. The Bertz CT molecular complexity index is 682. The Morgan fingerprint density at radius 3 is 2.68 bits per heavy atom. The summed E-state index contributed by atoms with van der Waals surface area (Å²) in [6, 6.07) is 6.73. The molecule has 0 aromatic heterocycles. The SMILES string of the molecule is CCOC(C)=C1C(=O)N(c2ccccc2Cl)N=C1CC(=O)O. The highest BCUT2D eigenvalue weighted by molar-refractivity contribution is 6.37. The number of carboxylic acids is 1. The molecule has 1 aromatic rings. The molecule has 0 bridgehead atoms. The Hall–Kier alpha value is -2.34. The molecule has 116 valence electrons. The molecule has 1 heterocycles. The van der Waals surface area contributed by atoms with Gasteiger partial charge in [0.1, 0.15) is 11.3 Å². The van der Waals surface area contributed by atoms with Crippen LogP contribution < -0.4 is 5.01 Å². The summed E-state index contributed by atoms with van der Waals surface area (Å²) in [7, 11) is 0. The van der Waals surface area contributed by atoms with E-state index in [1.54, 1.807) is 38.1 Å². The number of carbonyl (C=O) groups excluding carboxylic acids is 1. The lowest BCUT2D eigenvalue weighted by Gasteiger charge is -2.13.